The van der Waals surface area contributed by atoms with Gasteiger partial charge in [-0.05, 0) is 150 Å². The molecule has 0 radical (unpaired) electrons. The zero-order valence-electron chi connectivity index (χ0n) is 46.6. The molecule has 424 valence electrons. The van der Waals surface area contributed by atoms with E-state index >= 15 is 0 Å². The predicted molar refractivity (Wildman–Crippen MR) is 301 cm³/mol. The van der Waals surface area contributed by atoms with Crippen molar-refractivity contribution in [2.24, 2.45) is 22.7 Å². The lowest BCUT2D eigenvalue weighted by Gasteiger charge is -2.39. The van der Waals surface area contributed by atoms with Crippen LogP contribution in [0, 0.1) is 22.7 Å². The van der Waals surface area contributed by atoms with Crippen molar-refractivity contribution in [3.05, 3.63) is 70.8 Å². The van der Waals surface area contributed by atoms with Crippen LogP contribution in [0.5, 0.6) is 0 Å². The fraction of sp³-hybridized carbons (Fsp3) is 0.655. The van der Waals surface area contributed by atoms with E-state index in [0.717, 1.165) is 22.3 Å². The number of carbonyl (C=O) groups is 8. The third-order valence-electron chi connectivity index (χ3n) is 18.1. The summed E-state index contributed by atoms with van der Waals surface area (Å²) in [6.07, 6.45) is 7.07. The molecule has 78 heavy (non-hydrogen) atoms. The lowest BCUT2D eigenvalue weighted by atomic mass is 9.77. The molecule has 4 aliphatic heterocycles. The number of thioether (sulfide) groups is 2. The molecule has 1 saturated carbocycles. The first-order valence-electron chi connectivity index (χ1n) is 28.4. The first-order chi connectivity index (χ1) is 37.2. The van der Waals surface area contributed by atoms with Gasteiger partial charge in [0, 0.05) is 12.1 Å². The van der Waals surface area contributed by atoms with E-state index in [-0.39, 0.29) is 70.1 Å². The molecule has 5 fully saturated rings. The van der Waals surface area contributed by atoms with Crippen LogP contribution in [0.15, 0.2) is 48.5 Å². The average molecular weight is 1110 g/mol. The average Bonchev–Trinajstić information content (AvgIpc) is 3.84. The molecule has 12 atom stereocenters. The van der Waals surface area contributed by atoms with E-state index in [1.165, 1.54) is 0 Å². The van der Waals surface area contributed by atoms with Crippen molar-refractivity contribution in [3.8, 4) is 0 Å². The minimum atomic E-state index is -0.821. The molecule has 0 aromatic heterocycles. The number of aryl methyl sites for hydroxylation is 2. The van der Waals surface area contributed by atoms with Gasteiger partial charge in [0.25, 0.3) is 0 Å². The van der Waals surface area contributed by atoms with Gasteiger partial charge < -0.3 is 52.3 Å². The fourth-order valence-corrected chi connectivity index (χ4v) is 16.6. The minimum absolute atomic E-state index is 0.144. The molecular weight excluding hydrogens is 1030 g/mol. The van der Waals surface area contributed by atoms with Crippen molar-refractivity contribution in [1.82, 2.24) is 52.3 Å². The highest BCUT2D eigenvalue weighted by molar-refractivity contribution is 8.00. The van der Waals surface area contributed by atoms with Crippen molar-refractivity contribution in [2.75, 3.05) is 25.6 Å². The Labute approximate surface area is 468 Å². The first kappa shape index (κ1) is 57.5. The molecule has 4 heterocycles. The Balaban J connectivity index is 0.846. The van der Waals surface area contributed by atoms with Crippen LogP contribution in [0.4, 0.5) is 0 Å². The van der Waals surface area contributed by atoms with E-state index < -0.39 is 71.0 Å². The molecule has 8 amide bonds. The molecule has 2 aromatic rings. The molecule has 0 spiro atoms. The molecule has 9 rings (SSSR count). The van der Waals surface area contributed by atoms with Gasteiger partial charge in [-0.1, -0.05) is 76.2 Å². The van der Waals surface area contributed by atoms with Gasteiger partial charge in [0.1, 0.15) is 24.2 Å². The predicted octanol–water partition coefficient (Wildman–Crippen LogP) is 3.74. The Kier molecular flexibility index (Phi) is 17.6. The summed E-state index contributed by atoms with van der Waals surface area (Å²) in [7, 11) is 3.38. The lowest BCUT2D eigenvalue weighted by Crippen LogP contribution is -2.59. The van der Waals surface area contributed by atoms with Gasteiger partial charge in [-0.2, -0.15) is 0 Å². The smallest absolute Gasteiger partial charge is 0.246 e. The number of nitrogens with zero attached hydrogens (tertiary/aromatic N) is 2. The van der Waals surface area contributed by atoms with Crippen LogP contribution < -0.4 is 42.5 Å². The molecule has 7 aliphatic rings. The Morgan fingerprint density at radius 3 is 1.26 bits per heavy atom. The van der Waals surface area contributed by atoms with Crippen LogP contribution in [0.1, 0.15) is 140 Å². The fourth-order valence-electron chi connectivity index (χ4n) is 13.5. The summed E-state index contributed by atoms with van der Waals surface area (Å²) in [6.45, 7) is 11.5. The first-order valence-corrected chi connectivity index (χ1v) is 30.5. The molecule has 2 aromatic carbocycles. The standard InChI is InChI=1S/C58H82N10O8S2/c1-31(59-7)49(69)63-41-25-27-77-43-29-57(3,4)47(67(43)55(41)75)53(73)65-45-37-15-11-9-13-33(37)17-23-39(45)51(71)61-35-19-21-36(22-20-35)62-52(72)40-24-18-34-14-10-12-16-38(34)46(40)66-54(74)48-58(5,6)30-44-68(48)56(76)42(26-28-78-44)64-50(70)32(2)60-8/h9-16,31-32,35-36,39-48,59-60H,17-30H2,1-8H3,(H,61,71)(H,62,72)(H,63,69)(H,64,70)(H,65,73)(H,66,74)/t31-,32-,35-,36-,39+,40+,41-,42-,43-,44-,45-,46-,47+,48+/m0/s1. The summed E-state index contributed by atoms with van der Waals surface area (Å²) in [4.78, 5) is 117. The van der Waals surface area contributed by atoms with Crippen molar-refractivity contribution in [3.63, 3.8) is 0 Å². The quantitative estimate of drug-likeness (QED) is 0.135. The zero-order chi connectivity index (χ0) is 55.8. The number of rotatable bonds is 14. The number of hydrogen-bond donors (Lipinski definition) is 8. The van der Waals surface area contributed by atoms with Crippen LogP contribution in [-0.4, -0.2) is 142 Å². The number of hydrogen-bond acceptors (Lipinski definition) is 12. The van der Waals surface area contributed by atoms with Crippen molar-refractivity contribution in [1.29, 1.82) is 0 Å². The molecule has 18 nitrogen and oxygen atoms in total. The van der Waals surface area contributed by atoms with Crippen LogP contribution >= 0.6 is 23.5 Å². The second kappa shape index (κ2) is 23.9. The van der Waals surface area contributed by atoms with Gasteiger partial charge in [0.15, 0.2) is 0 Å². The maximum Gasteiger partial charge on any atom is 0.246 e. The van der Waals surface area contributed by atoms with Gasteiger partial charge in [-0.15, -0.1) is 23.5 Å². The van der Waals surface area contributed by atoms with E-state index in [4.69, 9.17) is 0 Å². The molecule has 0 bridgehead atoms. The SMILES string of the molecule is CN[C@@H](C)C(=O)N[C@H]1CCS[C@H]2CC(C)(C)[C@@H](C(=O)N[C@H]3c4ccccc4CC[C@H]3C(=O)N[C@H]3CC[C@H](NC(=O)[C@@H]4CCc5ccccc5[C@@H]4NC(=O)[C@H]4N5C(=O)[C@@H](NC(=O)[C@H](C)NC)CCS[C@H]5CC4(C)C)CC3)N2C1=O. The highest BCUT2D eigenvalue weighted by Gasteiger charge is 2.57. The van der Waals surface area contributed by atoms with E-state index in [9.17, 15) is 38.4 Å². The van der Waals surface area contributed by atoms with Gasteiger partial charge in [-0.25, -0.2) is 0 Å². The number of carbonyl (C=O) groups excluding carboxylic acids is 8. The molecule has 20 heteroatoms. The largest absolute Gasteiger partial charge is 0.353 e. The second-order valence-electron chi connectivity index (χ2n) is 24.3. The van der Waals surface area contributed by atoms with Gasteiger partial charge >= 0.3 is 0 Å². The van der Waals surface area contributed by atoms with E-state index in [1.807, 2.05) is 76.2 Å². The molecular formula is C58H82N10O8S2. The van der Waals surface area contributed by atoms with Crippen LogP contribution in [0.3, 0.4) is 0 Å². The van der Waals surface area contributed by atoms with Gasteiger partial charge in [0.2, 0.25) is 47.3 Å². The van der Waals surface area contributed by atoms with Crippen LogP contribution in [-0.2, 0) is 51.2 Å². The number of likely N-dealkylation sites (N-methyl/N-ethyl adjacent to an activating group) is 2. The second-order valence-corrected chi connectivity index (χ2v) is 26.9. The van der Waals surface area contributed by atoms with E-state index in [2.05, 4.69) is 42.5 Å². The minimum Gasteiger partial charge on any atom is -0.353 e. The van der Waals surface area contributed by atoms with E-state index in [1.54, 1.807) is 61.3 Å². The van der Waals surface area contributed by atoms with Gasteiger partial charge in [0.05, 0.1) is 46.8 Å². The summed E-state index contributed by atoms with van der Waals surface area (Å²) in [5, 5.41) is 24.6. The summed E-state index contributed by atoms with van der Waals surface area (Å²) in [6, 6.07) is 10.1. The molecule has 3 aliphatic carbocycles. The Morgan fingerprint density at radius 2 is 0.885 bits per heavy atom. The van der Waals surface area contributed by atoms with Gasteiger partial charge in [-0.3, -0.25) is 38.4 Å². The van der Waals surface area contributed by atoms with Crippen molar-refractivity contribution in [2.45, 2.75) is 190 Å². The number of nitrogens with one attached hydrogen (secondary N) is 8. The molecule has 8 N–H and O–H groups in total. The highest BCUT2D eigenvalue weighted by atomic mass is 32.2. The third kappa shape index (κ3) is 11.8. The van der Waals surface area contributed by atoms with Crippen molar-refractivity contribution >= 4 is 70.8 Å². The number of amides is 8. The third-order valence-corrected chi connectivity index (χ3v) is 20.6. The van der Waals surface area contributed by atoms with Crippen molar-refractivity contribution < 1.29 is 38.4 Å². The normalized spacial score (nSPS) is 31.8. The zero-order valence-corrected chi connectivity index (χ0v) is 48.2. The van der Waals surface area contributed by atoms with E-state index in [0.29, 0.717) is 88.6 Å². The maximum absolute atomic E-state index is 14.9. The summed E-state index contributed by atoms with van der Waals surface area (Å²) in [5.41, 5.74) is 2.74. The number of benzene rings is 2. The molecule has 4 saturated heterocycles. The molecule has 0 unspecified atom stereocenters. The summed E-state index contributed by atoms with van der Waals surface area (Å²) in [5.74, 6) is -1.83. The summed E-state index contributed by atoms with van der Waals surface area (Å²) >= 11 is 3.28. The lowest BCUT2D eigenvalue weighted by molar-refractivity contribution is -0.144. The monoisotopic (exact) mass is 1110 g/mol. The maximum atomic E-state index is 14.9. The van der Waals surface area contributed by atoms with Crippen LogP contribution in [0.2, 0.25) is 0 Å². The Bertz CT molecular complexity index is 2450. The highest BCUT2D eigenvalue weighted by Crippen LogP contribution is 2.49. The Hall–Kier alpha value is -5.18. The van der Waals surface area contributed by atoms with Crippen LogP contribution in [0.25, 0.3) is 0 Å². The number of fused-ring (bicyclic) bond motifs is 4. The Morgan fingerprint density at radius 1 is 0.513 bits per heavy atom. The topological polar surface area (TPSA) is 239 Å². The summed E-state index contributed by atoms with van der Waals surface area (Å²) < 4.78 is 0.